The third-order valence-electron chi connectivity index (χ3n) is 5.01. The van der Waals surface area contributed by atoms with Crippen LogP contribution < -0.4 is 15.8 Å². The van der Waals surface area contributed by atoms with E-state index >= 15 is 0 Å². The summed E-state index contributed by atoms with van der Waals surface area (Å²) in [4.78, 5) is 31.2. The van der Waals surface area contributed by atoms with Crippen LogP contribution in [0, 0.1) is 0 Å². The topological polar surface area (TPSA) is 72.2 Å². The van der Waals surface area contributed by atoms with Gasteiger partial charge in [-0.25, -0.2) is 4.98 Å². The van der Waals surface area contributed by atoms with Gasteiger partial charge in [-0.2, -0.15) is 0 Å². The van der Waals surface area contributed by atoms with Crippen LogP contribution in [0.1, 0.15) is 42.2 Å². The summed E-state index contributed by atoms with van der Waals surface area (Å²) in [5.41, 5.74) is 0.630. The minimum atomic E-state index is -0.0999. The van der Waals surface area contributed by atoms with E-state index in [1.807, 2.05) is 23.2 Å². The third kappa shape index (κ3) is 3.18. The number of nitrogens with zero attached hydrogens (tertiary/aromatic N) is 4. The lowest BCUT2D eigenvalue weighted by Crippen LogP contribution is -2.49. The van der Waals surface area contributed by atoms with Gasteiger partial charge in [-0.1, -0.05) is 0 Å². The Balaban J connectivity index is 1.46. The molecule has 2 aromatic rings. The highest BCUT2D eigenvalue weighted by Crippen LogP contribution is 2.36. The molecule has 4 rings (SSSR count). The van der Waals surface area contributed by atoms with E-state index in [4.69, 9.17) is 0 Å². The maximum atomic E-state index is 12.7. The summed E-state index contributed by atoms with van der Waals surface area (Å²) in [5, 5.41) is 3.14. The molecule has 0 bridgehead atoms. The molecule has 0 aromatic carbocycles. The van der Waals surface area contributed by atoms with Crippen LogP contribution >= 0.6 is 0 Å². The summed E-state index contributed by atoms with van der Waals surface area (Å²) in [6.45, 7) is 1.40. The lowest BCUT2D eigenvalue weighted by Gasteiger charge is -2.33. The molecule has 1 atom stereocenters. The van der Waals surface area contributed by atoms with E-state index in [0.717, 1.165) is 37.9 Å². The van der Waals surface area contributed by atoms with Crippen molar-refractivity contribution in [2.45, 2.75) is 37.8 Å². The first-order chi connectivity index (χ1) is 12.1. The third-order valence-corrected chi connectivity index (χ3v) is 5.01. The quantitative estimate of drug-likeness (QED) is 0.910. The fraction of sp³-hybridized carbons (Fsp3) is 0.500. The van der Waals surface area contributed by atoms with Crippen molar-refractivity contribution in [3.8, 4) is 0 Å². The van der Waals surface area contributed by atoms with Crippen molar-refractivity contribution in [1.82, 2.24) is 19.4 Å². The number of amides is 1. The Morgan fingerprint density at radius 1 is 1.28 bits per heavy atom. The number of rotatable bonds is 4. The Morgan fingerprint density at radius 3 is 2.92 bits per heavy atom. The summed E-state index contributed by atoms with van der Waals surface area (Å²) < 4.78 is 3.61. The zero-order valence-electron chi connectivity index (χ0n) is 14.4. The molecule has 2 aromatic heterocycles. The molecule has 1 saturated carbocycles. The molecule has 0 unspecified atom stereocenters. The Hall–Kier alpha value is -2.57. The summed E-state index contributed by atoms with van der Waals surface area (Å²) in [7, 11) is 1.72. The van der Waals surface area contributed by atoms with Crippen LogP contribution in [0.3, 0.4) is 0 Å². The van der Waals surface area contributed by atoms with E-state index in [2.05, 4.69) is 14.9 Å². The normalized spacial score (nSPS) is 20.5. The lowest BCUT2D eigenvalue weighted by molar-refractivity contribution is 0.0923. The van der Waals surface area contributed by atoms with Crippen LogP contribution in [0.5, 0.6) is 0 Å². The molecule has 7 nitrogen and oxygen atoms in total. The van der Waals surface area contributed by atoms with Crippen molar-refractivity contribution < 1.29 is 4.79 Å². The maximum Gasteiger partial charge on any atom is 0.293 e. The fourth-order valence-electron chi connectivity index (χ4n) is 3.51. The van der Waals surface area contributed by atoms with E-state index in [0.29, 0.717) is 18.4 Å². The molecule has 1 aliphatic carbocycles. The lowest BCUT2D eigenvalue weighted by atomic mass is 10.1. The Morgan fingerprint density at radius 2 is 2.12 bits per heavy atom. The zero-order valence-corrected chi connectivity index (χ0v) is 14.4. The second kappa shape index (κ2) is 6.38. The second-order valence-corrected chi connectivity index (χ2v) is 6.96. The highest BCUT2D eigenvalue weighted by Gasteiger charge is 2.29. The summed E-state index contributed by atoms with van der Waals surface area (Å²) in [5.74, 6) is 0.433. The number of aromatic nitrogens is 3. The van der Waals surface area contributed by atoms with Crippen LogP contribution in [-0.4, -0.2) is 39.2 Å². The Kier molecular flexibility index (Phi) is 4.07. The van der Waals surface area contributed by atoms with Gasteiger partial charge >= 0.3 is 0 Å². The molecule has 2 aliphatic rings. The number of aryl methyl sites for hydroxylation is 1. The first-order valence-electron chi connectivity index (χ1n) is 8.88. The highest BCUT2D eigenvalue weighted by atomic mass is 16.2. The molecule has 1 saturated heterocycles. The van der Waals surface area contributed by atoms with Gasteiger partial charge in [-0.3, -0.25) is 9.59 Å². The fourth-order valence-corrected chi connectivity index (χ4v) is 3.51. The smallest absolute Gasteiger partial charge is 0.293 e. The van der Waals surface area contributed by atoms with Gasteiger partial charge in [0.25, 0.3) is 11.5 Å². The van der Waals surface area contributed by atoms with Gasteiger partial charge in [-0.15, -0.1) is 0 Å². The molecule has 132 valence electrons. The predicted octanol–water partition coefficient (Wildman–Crippen LogP) is 1.32. The van der Waals surface area contributed by atoms with Crippen molar-refractivity contribution >= 4 is 11.7 Å². The van der Waals surface area contributed by atoms with Gasteiger partial charge in [0.05, 0.1) is 0 Å². The van der Waals surface area contributed by atoms with Crippen molar-refractivity contribution in [2.75, 3.05) is 18.0 Å². The van der Waals surface area contributed by atoms with E-state index in [1.54, 1.807) is 19.4 Å². The number of piperidine rings is 1. The first kappa shape index (κ1) is 15.9. The molecule has 1 N–H and O–H groups in total. The standard InChI is InChI=1S/C18H23N5O2/c1-21-11-8-19-16(18(21)25)22-9-2-4-13(12-22)20-17(24)15-5-3-10-23(15)14-6-7-14/h3,5,8,10-11,13-14H,2,4,6-7,9,12H2,1H3,(H,20,24)/t13-/m0/s1. The summed E-state index contributed by atoms with van der Waals surface area (Å²) >= 11 is 0. The number of hydrogen-bond acceptors (Lipinski definition) is 4. The van der Waals surface area contributed by atoms with Crippen LogP contribution in [0.15, 0.2) is 35.5 Å². The van der Waals surface area contributed by atoms with Gasteiger partial charge in [-0.05, 0) is 37.8 Å². The average molecular weight is 341 g/mol. The Labute approximate surface area is 146 Å². The molecular formula is C18H23N5O2. The van der Waals surface area contributed by atoms with Crippen molar-refractivity contribution in [3.63, 3.8) is 0 Å². The predicted molar refractivity (Wildman–Crippen MR) is 94.9 cm³/mol. The molecule has 25 heavy (non-hydrogen) atoms. The van der Waals surface area contributed by atoms with Crippen LogP contribution in [0.2, 0.25) is 0 Å². The number of anilines is 1. The van der Waals surface area contributed by atoms with E-state index in [1.165, 1.54) is 4.57 Å². The number of nitrogens with one attached hydrogen (secondary N) is 1. The summed E-state index contributed by atoms with van der Waals surface area (Å²) in [6.07, 6.45) is 9.41. The number of carbonyl (C=O) groups is 1. The molecular weight excluding hydrogens is 318 g/mol. The molecule has 1 amide bonds. The minimum absolute atomic E-state index is 0.0236. The van der Waals surface area contributed by atoms with Crippen molar-refractivity contribution in [2.24, 2.45) is 7.05 Å². The maximum absolute atomic E-state index is 12.7. The van der Waals surface area contributed by atoms with Crippen LogP contribution in [-0.2, 0) is 7.05 Å². The van der Waals surface area contributed by atoms with Crippen LogP contribution in [0.4, 0.5) is 5.82 Å². The number of hydrogen-bond donors (Lipinski definition) is 1. The minimum Gasteiger partial charge on any atom is -0.350 e. The second-order valence-electron chi connectivity index (χ2n) is 6.96. The largest absolute Gasteiger partial charge is 0.350 e. The molecule has 7 heteroatoms. The average Bonchev–Trinajstić information content (AvgIpc) is 3.34. The molecule has 3 heterocycles. The van der Waals surface area contributed by atoms with Gasteiger partial charge in [0.15, 0.2) is 5.82 Å². The highest BCUT2D eigenvalue weighted by molar-refractivity contribution is 5.93. The van der Waals surface area contributed by atoms with Crippen molar-refractivity contribution in [1.29, 1.82) is 0 Å². The van der Waals surface area contributed by atoms with E-state index < -0.39 is 0 Å². The molecule has 2 fully saturated rings. The summed E-state index contributed by atoms with van der Waals surface area (Å²) in [6, 6.07) is 4.31. The molecule has 0 radical (unpaired) electrons. The molecule has 0 spiro atoms. The van der Waals surface area contributed by atoms with E-state index in [9.17, 15) is 9.59 Å². The zero-order chi connectivity index (χ0) is 17.4. The van der Waals surface area contributed by atoms with E-state index in [-0.39, 0.29) is 17.5 Å². The SMILES string of the molecule is Cn1ccnc(N2CCC[C@H](NC(=O)c3cccn3C3CC3)C2)c1=O. The molecule has 1 aliphatic heterocycles. The first-order valence-corrected chi connectivity index (χ1v) is 8.88. The van der Waals surface area contributed by atoms with Gasteiger partial charge in [0.1, 0.15) is 5.69 Å². The van der Waals surface area contributed by atoms with Gasteiger partial charge in [0.2, 0.25) is 0 Å². The van der Waals surface area contributed by atoms with Crippen molar-refractivity contribution in [3.05, 3.63) is 46.8 Å². The Bertz CT molecular complexity index is 836. The number of carbonyl (C=O) groups excluding carboxylic acids is 1. The van der Waals surface area contributed by atoms with Gasteiger partial charge < -0.3 is 19.4 Å². The van der Waals surface area contributed by atoms with Gasteiger partial charge in [0, 0.05) is 50.8 Å². The monoisotopic (exact) mass is 341 g/mol. The van der Waals surface area contributed by atoms with Crippen LogP contribution in [0.25, 0.3) is 0 Å².